The van der Waals surface area contributed by atoms with Crippen LogP contribution >= 0.6 is 0 Å². The molecule has 0 spiro atoms. The summed E-state index contributed by atoms with van der Waals surface area (Å²) in [4.78, 5) is 2.21. The zero-order chi connectivity index (χ0) is 11.9. The SMILES string of the molecule is [C]1=C2C=CC=CN2c2ccc3ccccc3c2C1. The number of hydrogen-bond donors (Lipinski definition) is 0. The lowest BCUT2D eigenvalue weighted by atomic mass is 9.95. The van der Waals surface area contributed by atoms with Crippen molar-refractivity contribution in [2.75, 3.05) is 4.90 Å². The normalized spacial score (nSPS) is 16.4. The third-order valence-corrected chi connectivity index (χ3v) is 3.58. The van der Waals surface area contributed by atoms with E-state index < -0.39 is 0 Å². The van der Waals surface area contributed by atoms with Crippen LogP contribution in [0.2, 0.25) is 0 Å². The first-order chi connectivity index (χ1) is 8.93. The quantitative estimate of drug-likeness (QED) is 0.662. The van der Waals surface area contributed by atoms with Crippen LogP contribution in [0.1, 0.15) is 5.56 Å². The second kappa shape index (κ2) is 3.61. The maximum Gasteiger partial charge on any atom is 0.0497 e. The summed E-state index contributed by atoms with van der Waals surface area (Å²) in [7, 11) is 0. The molecule has 2 aliphatic rings. The molecule has 1 heteroatoms. The van der Waals surface area contributed by atoms with E-state index in [4.69, 9.17) is 0 Å². The summed E-state index contributed by atoms with van der Waals surface area (Å²) in [5, 5.41) is 2.64. The zero-order valence-electron chi connectivity index (χ0n) is 9.93. The van der Waals surface area contributed by atoms with E-state index in [1.54, 1.807) is 0 Å². The molecule has 0 amide bonds. The second-order valence-electron chi connectivity index (χ2n) is 4.59. The van der Waals surface area contributed by atoms with E-state index in [1.807, 2.05) is 0 Å². The topological polar surface area (TPSA) is 3.24 Å². The molecule has 0 aromatic heterocycles. The molecule has 1 nitrogen and oxygen atoms in total. The second-order valence-corrected chi connectivity index (χ2v) is 4.59. The average molecular weight is 230 g/mol. The third-order valence-electron chi connectivity index (χ3n) is 3.58. The van der Waals surface area contributed by atoms with Crippen LogP contribution in [0.5, 0.6) is 0 Å². The molecule has 4 rings (SSSR count). The van der Waals surface area contributed by atoms with Crippen molar-refractivity contribution in [1.29, 1.82) is 0 Å². The predicted octanol–water partition coefficient (Wildman–Crippen LogP) is 3.97. The summed E-state index contributed by atoms with van der Waals surface area (Å²) >= 11 is 0. The third kappa shape index (κ3) is 1.28. The van der Waals surface area contributed by atoms with Gasteiger partial charge in [-0.05, 0) is 40.6 Å². The van der Waals surface area contributed by atoms with Crippen LogP contribution < -0.4 is 4.90 Å². The van der Waals surface area contributed by atoms with Crippen LogP contribution in [-0.4, -0.2) is 0 Å². The minimum absolute atomic E-state index is 0.890. The summed E-state index contributed by atoms with van der Waals surface area (Å²) in [6, 6.07) is 13.0. The van der Waals surface area contributed by atoms with Crippen LogP contribution in [0.4, 0.5) is 5.69 Å². The van der Waals surface area contributed by atoms with Crippen molar-refractivity contribution in [3.05, 3.63) is 78.2 Å². The molecule has 85 valence electrons. The monoisotopic (exact) mass is 230 g/mol. The van der Waals surface area contributed by atoms with Gasteiger partial charge in [0.15, 0.2) is 0 Å². The van der Waals surface area contributed by atoms with Crippen LogP contribution in [0, 0.1) is 6.08 Å². The van der Waals surface area contributed by atoms with Crippen LogP contribution in [-0.2, 0) is 6.42 Å². The molecule has 0 N–H and O–H groups in total. The van der Waals surface area contributed by atoms with E-state index in [9.17, 15) is 0 Å². The molecular formula is C17H12N. The first-order valence-electron chi connectivity index (χ1n) is 6.19. The van der Waals surface area contributed by atoms with Gasteiger partial charge < -0.3 is 4.90 Å². The van der Waals surface area contributed by atoms with Crippen molar-refractivity contribution in [2.24, 2.45) is 0 Å². The fourth-order valence-electron chi connectivity index (χ4n) is 2.71. The lowest BCUT2D eigenvalue weighted by molar-refractivity contribution is 1.06. The molecule has 2 aliphatic heterocycles. The Morgan fingerprint density at radius 2 is 1.94 bits per heavy atom. The molecule has 0 saturated carbocycles. The van der Waals surface area contributed by atoms with Gasteiger partial charge in [0, 0.05) is 24.0 Å². The van der Waals surface area contributed by atoms with E-state index in [2.05, 4.69) is 71.8 Å². The highest BCUT2D eigenvalue weighted by Gasteiger charge is 2.19. The number of hydrogen-bond acceptors (Lipinski definition) is 1. The summed E-state index contributed by atoms with van der Waals surface area (Å²) < 4.78 is 0. The Morgan fingerprint density at radius 1 is 1.00 bits per heavy atom. The molecule has 18 heavy (non-hydrogen) atoms. The molecular weight excluding hydrogens is 218 g/mol. The van der Waals surface area contributed by atoms with Gasteiger partial charge in [0.1, 0.15) is 0 Å². The minimum Gasteiger partial charge on any atom is -0.317 e. The van der Waals surface area contributed by atoms with E-state index in [0.717, 1.165) is 12.1 Å². The van der Waals surface area contributed by atoms with Gasteiger partial charge in [0.05, 0.1) is 0 Å². The molecule has 0 atom stereocenters. The van der Waals surface area contributed by atoms with Gasteiger partial charge in [-0.2, -0.15) is 0 Å². The van der Waals surface area contributed by atoms with Crippen molar-refractivity contribution < 1.29 is 0 Å². The first kappa shape index (κ1) is 9.72. The van der Waals surface area contributed by atoms with Crippen LogP contribution in [0.25, 0.3) is 10.8 Å². The Balaban J connectivity index is 2.00. The fraction of sp³-hybridized carbons (Fsp3) is 0.0588. The van der Waals surface area contributed by atoms with Crippen molar-refractivity contribution in [3.8, 4) is 0 Å². The van der Waals surface area contributed by atoms with Gasteiger partial charge in [-0.3, -0.25) is 0 Å². The summed E-state index contributed by atoms with van der Waals surface area (Å²) in [5.41, 5.74) is 3.81. The molecule has 0 fully saturated rings. The van der Waals surface area contributed by atoms with Gasteiger partial charge >= 0.3 is 0 Å². The molecule has 0 unspecified atom stereocenters. The Hall–Kier alpha value is -2.28. The standard InChI is InChI=1S/C17H12N/c1-2-7-15-13(5-1)8-11-17-16(15)10-9-14-6-3-4-12-18(14)17/h1-8,11-12H,10H2. The largest absolute Gasteiger partial charge is 0.317 e. The Morgan fingerprint density at radius 3 is 2.94 bits per heavy atom. The van der Waals surface area contributed by atoms with Crippen molar-refractivity contribution in [2.45, 2.75) is 6.42 Å². The van der Waals surface area contributed by atoms with Gasteiger partial charge in [-0.25, -0.2) is 0 Å². The smallest absolute Gasteiger partial charge is 0.0497 e. The maximum atomic E-state index is 3.47. The number of allylic oxidation sites excluding steroid dienone is 4. The Labute approximate surface area is 106 Å². The van der Waals surface area contributed by atoms with Gasteiger partial charge in [0.25, 0.3) is 0 Å². The molecule has 0 saturated heterocycles. The lowest BCUT2D eigenvalue weighted by Crippen LogP contribution is -2.21. The minimum atomic E-state index is 0.890. The van der Waals surface area contributed by atoms with Crippen molar-refractivity contribution >= 4 is 16.5 Å². The molecule has 2 aromatic carbocycles. The fourth-order valence-corrected chi connectivity index (χ4v) is 2.71. The van der Waals surface area contributed by atoms with E-state index >= 15 is 0 Å². The van der Waals surface area contributed by atoms with Crippen molar-refractivity contribution in [1.82, 2.24) is 0 Å². The molecule has 0 aliphatic carbocycles. The highest BCUT2D eigenvalue weighted by molar-refractivity contribution is 5.92. The summed E-state index contributed by atoms with van der Waals surface area (Å²) in [5.74, 6) is 0. The van der Waals surface area contributed by atoms with Crippen molar-refractivity contribution in [3.63, 3.8) is 0 Å². The molecule has 2 aromatic rings. The highest BCUT2D eigenvalue weighted by Crippen LogP contribution is 2.36. The van der Waals surface area contributed by atoms with Gasteiger partial charge in [-0.15, -0.1) is 0 Å². The number of rotatable bonds is 0. The van der Waals surface area contributed by atoms with Crippen LogP contribution in [0.3, 0.4) is 0 Å². The van der Waals surface area contributed by atoms with Crippen LogP contribution in [0.15, 0.2) is 66.5 Å². The molecule has 0 bridgehead atoms. The van der Waals surface area contributed by atoms with E-state index in [-0.39, 0.29) is 0 Å². The first-order valence-corrected chi connectivity index (χ1v) is 6.19. The zero-order valence-corrected chi connectivity index (χ0v) is 9.93. The number of benzene rings is 2. The summed E-state index contributed by atoms with van der Waals surface area (Å²) in [6.45, 7) is 0. The lowest BCUT2D eigenvalue weighted by Gasteiger charge is -2.30. The average Bonchev–Trinajstić information content (AvgIpc) is 2.46. The summed E-state index contributed by atoms with van der Waals surface area (Å²) in [6.07, 6.45) is 12.7. The van der Waals surface area contributed by atoms with Gasteiger partial charge in [-0.1, -0.05) is 36.4 Å². The number of nitrogens with zero attached hydrogens (tertiary/aromatic N) is 1. The Bertz CT molecular complexity index is 719. The maximum absolute atomic E-state index is 3.47. The van der Waals surface area contributed by atoms with E-state index in [0.29, 0.717) is 0 Å². The Kier molecular flexibility index (Phi) is 1.95. The number of anilines is 1. The molecule has 2 heterocycles. The predicted molar refractivity (Wildman–Crippen MR) is 75.2 cm³/mol. The van der Waals surface area contributed by atoms with E-state index in [1.165, 1.54) is 22.0 Å². The number of fused-ring (bicyclic) bond motifs is 5. The molecule has 1 radical (unpaired) electrons. The van der Waals surface area contributed by atoms with Gasteiger partial charge in [0.2, 0.25) is 0 Å². The highest BCUT2D eigenvalue weighted by atomic mass is 15.1.